The minimum atomic E-state index is -3.65. The first-order valence-corrected chi connectivity index (χ1v) is 12.1. The summed E-state index contributed by atoms with van der Waals surface area (Å²) in [7, 11) is -3.65. The Bertz CT molecular complexity index is 976. The van der Waals surface area contributed by atoms with Crippen molar-refractivity contribution in [3.8, 4) is 5.75 Å². The molecule has 29 heavy (non-hydrogen) atoms. The fraction of sp³-hybridized carbons (Fsp3) is 0.263. The number of thioether (sulfide) groups is 1. The number of nitrogens with zero attached hydrogens (tertiary/aromatic N) is 2. The Labute approximate surface area is 179 Å². The summed E-state index contributed by atoms with van der Waals surface area (Å²) in [6.07, 6.45) is 2.79. The maximum atomic E-state index is 12.2. The highest BCUT2D eigenvalue weighted by Gasteiger charge is 2.21. The maximum Gasteiger partial charge on any atom is 0.260 e. The van der Waals surface area contributed by atoms with Crippen molar-refractivity contribution in [1.82, 2.24) is 5.43 Å². The van der Waals surface area contributed by atoms with E-state index in [0.29, 0.717) is 10.7 Å². The Kier molecular flexibility index (Phi) is 7.05. The van der Waals surface area contributed by atoms with Gasteiger partial charge in [0.1, 0.15) is 18.4 Å². The van der Waals surface area contributed by atoms with E-state index in [1.54, 1.807) is 12.1 Å². The van der Waals surface area contributed by atoms with Gasteiger partial charge < -0.3 is 4.74 Å². The molecule has 0 aromatic heterocycles. The lowest BCUT2D eigenvalue weighted by molar-refractivity contribution is -0.119. The lowest BCUT2D eigenvalue weighted by Gasteiger charge is -2.25. The molecule has 1 fully saturated rings. The van der Waals surface area contributed by atoms with Gasteiger partial charge in [0.15, 0.2) is 0 Å². The number of hydrazone groups is 1. The Morgan fingerprint density at radius 3 is 2.45 bits per heavy atom. The fourth-order valence-corrected chi connectivity index (χ4v) is 4.01. The predicted molar refractivity (Wildman–Crippen MR) is 118 cm³/mol. The van der Waals surface area contributed by atoms with Gasteiger partial charge >= 0.3 is 0 Å². The number of anilines is 1. The van der Waals surface area contributed by atoms with E-state index in [4.69, 9.17) is 16.3 Å². The van der Waals surface area contributed by atoms with Gasteiger partial charge in [-0.1, -0.05) is 11.6 Å². The van der Waals surface area contributed by atoms with Crippen LogP contribution in [0.1, 0.15) is 5.56 Å². The molecule has 0 spiro atoms. The van der Waals surface area contributed by atoms with Gasteiger partial charge in [0.25, 0.3) is 5.91 Å². The molecule has 1 aliphatic heterocycles. The van der Waals surface area contributed by atoms with Crippen molar-refractivity contribution < 1.29 is 17.9 Å². The Balaban J connectivity index is 1.56. The predicted octanol–water partition coefficient (Wildman–Crippen LogP) is 2.75. The highest BCUT2D eigenvalue weighted by Crippen LogP contribution is 2.24. The van der Waals surface area contributed by atoms with Crippen molar-refractivity contribution in [3.63, 3.8) is 0 Å². The zero-order chi connectivity index (χ0) is 20.9. The Morgan fingerprint density at radius 1 is 1.24 bits per heavy atom. The minimum absolute atomic E-state index is 0.275. The number of carbonyl (C=O) groups is 1. The lowest BCUT2D eigenvalue weighted by Crippen LogP contribution is -2.38. The molecule has 1 amide bonds. The highest BCUT2D eigenvalue weighted by atomic mass is 35.5. The van der Waals surface area contributed by atoms with Crippen LogP contribution < -0.4 is 14.5 Å². The molecule has 7 nitrogen and oxygen atoms in total. The minimum Gasteiger partial charge on any atom is -0.489 e. The molecule has 0 bridgehead atoms. The summed E-state index contributed by atoms with van der Waals surface area (Å²) in [5.41, 5.74) is 3.46. The number of hydrogen-bond acceptors (Lipinski definition) is 6. The van der Waals surface area contributed by atoms with Gasteiger partial charge in [0, 0.05) is 16.5 Å². The van der Waals surface area contributed by atoms with Crippen molar-refractivity contribution in [2.45, 2.75) is 6.10 Å². The van der Waals surface area contributed by atoms with Gasteiger partial charge in [0.2, 0.25) is 10.0 Å². The van der Waals surface area contributed by atoms with E-state index in [0.717, 1.165) is 33.4 Å². The van der Waals surface area contributed by atoms with E-state index >= 15 is 0 Å². The molecule has 2 aromatic rings. The molecular formula is C19H20ClN3O4S2. The molecular weight excluding hydrogens is 434 g/mol. The molecule has 1 saturated heterocycles. The van der Waals surface area contributed by atoms with Crippen LogP contribution in [0.15, 0.2) is 53.6 Å². The molecule has 10 heteroatoms. The van der Waals surface area contributed by atoms with Gasteiger partial charge in [-0.3, -0.25) is 9.10 Å². The van der Waals surface area contributed by atoms with Crippen LogP contribution in [-0.4, -0.2) is 50.9 Å². The van der Waals surface area contributed by atoms with E-state index < -0.39 is 22.5 Å². The van der Waals surface area contributed by atoms with Crippen LogP contribution in [0.4, 0.5) is 5.69 Å². The van der Waals surface area contributed by atoms with Gasteiger partial charge in [-0.15, -0.1) is 0 Å². The Morgan fingerprint density at radius 2 is 1.90 bits per heavy atom. The molecule has 1 N–H and O–H groups in total. The van der Waals surface area contributed by atoms with Crippen molar-refractivity contribution in [3.05, 3.63) is 59.1 Å². The summed E-state index contributed by atoms with van der Waals surface area (Å²) < 4.78 is 30.8. The third-order valence-electron chi connectivity index (χ3n) is 4.00. The fourth-order valence-electron chi connectivity index (χ4n) is 2.46. The lowest BCUT2D eigenvalue weighted by atomic mass is 10.2. The van der Waals surface area contributed by atoms with Crippen molar-refractivity contribution in [1.29, 1.82) is 0 Å². The van der Waals surface area contributed by atoms with E-state index in [2.05, 4.69) is 10.5 Å². The summed E-state index contributed by atoms with van der Waals surface area (Å²) in [4.78, 5) is 12.2. The van der Waals surface area contributed by atoms with Crippen LogP contribution in [0.25, 0.3) is 0 Å². The first kappa shape index (κ1) is 21.5. The van der Waals surface area contributed by atoms with Crippen LogP contribution in [0.2, 0.25) is 5.02 Å². The summed E-state index contributed by atoms with van der Waals surface area (Å²) in [5, 5.41) is 4.36. The van der Waals surface area contributed by atoms with E-state index in [1.807, 2.05) is 36.0 Å². The largest absolute Gasteiger partial charge is 0.489 e. The molecule has 1 aliphatic rings. The zero-order valence-electron chi connectivity index (χ0n) is 15.6. The molecule has 3 rings (SSSR count). The van der Waals surface area contributed by atoms with Crippen LogP contribution in [0.3, 0.4) is 0 Å². The van der Waals surface area contributed by atoms with Crippen molar-refractivity contribution in [2.24, 2.45) is 5.10 Å². The number of sulfonamides is 1. The number of halogens is 1. The molecule has 0 atom stereocenters. The second kappa shape index (κ2) is 9.51. The van der Waals surface area contributed by atoms with Crippen LogP contribution in [0.5, 0.6) is 5.75 Å². The number of amides is 1. The average Bonchev–Trinajstić information content (AvgIpc) is 2.64. The molecule has 0 radical (unpaired) electrons. The summed E-state index contributed by atoms with van der Waals surface area (Å²) in [6.45, 7) is -0.399. The Hall–Kier alpha value is -2.23. The van der Waals surface area contributed by atoms with Gasteiger partial charge in [-0.2, -0.15) is 16.9 Å². The van der Waals surface area contributed by atoms with Crippen molar-refractivity contribution >= 4 is 51.2 Å². The molecule has 0 unspecified atom stereocenters. The number of nitrogens with one attached hydrogen (secondary N) is 1. The summed E-state index contributed by atoms with van der Waals surface area (Å²) in [5.74, 6) is 2.25. The summed E-state index contributed by atoms with van der Waals surface area (Å²) in [6, 6.07) is 13.5. The smallest absolute Gasteiger partial charge is 0.260 e. The molecule has 0 saturated carbocycles. The summed E-state index contributed by atoms with van der Waals surface area (Å²) >= 11 is 7.69. The van der Waals surface area contributed by atoms with E-state index in [9.17, 15) is 13.2 Å². The normalized spacial score (nSPS) is 14.4. The first-order chi connectivity index (χ1) is 13.8. The molecule has 0 aliphatic carbocycles. The topological polar surface area (TPSA) is 88.1 Å². The molecule has 1 heterocycles. The average molecular weight is 454 g/mol. The molecule has 154 valence electrons. The van der Waals surface area contributed by atoms with Gasteiger partial charge in [-0.05, 0) is 54.1 Å². The second-order valence-corrected chi connectivity index (χ2v) is 9.80. The highest BCUT2D eigenvalue weighted by molar-refractivity contribution is 8.00. The van der Waals surface area contributed by atoms with Crippen LogP contribution >= 0.6 is 23.4 Å². The first-order valence-electron chi connectivity index (χ1n) is 8.71. The SMILES string of the molecule is CS(=O)(=O)N(CC(=O)N/N=C\c1ccc(OC2CSC2)cc1)c1ccc(Cl)cc1. The van der Waals surface area contributed by atoms with Gasteiger partial charge in [-0.25, -0.2) is 13.8 Å². The van der Waals surface area contributed by atoms with Crippen molar-refractivity contribution in [2.75, 3.05) is 28.6 Å². The standard InChI is InChI=1S/C19H20ClN3O4S2/c1-29(25,26)23(16-6-4-15(20)5-7-16)11-19(24)22-21-10-14-2-8-17(9-3-14)27-18-12-28-13-18/h2-10,18H,11-13H2,1H3,(H,22,24)/b21-10-. The number of carbonyl (C=O) groups excluding carboxylic acids is 1. The number of rotatable bonds is 8. The third-order valence-corrected chi connectivity index (χ3v) is 6.60. The number of benzene rings is 2. The van der Waals surface area contributed by atoms with E-state index in [-0.39, 0.29) is 6.10 Å². The quantitative estimate of drug-likeness (QED) is 0.490. The number of hydrogen-bond donors (Lipinski definition) is 1. The van der Waals surface area contributed by atoms with Crippen LogP contribution in [-0.2, 0) is 14.8 Å². The maximum absolute atomic E-state index is 12.2. The third kappa shape index (κ3) is 6.38. The zero-order valence-corrected chi connectivity index (χ0v) is 18.0. The monoisotopic (exact) mass is 453 g/mol. The second-order valence-electron chi connectivity index (χ2n) is 6.39. The van der Waals surface area contributed by atoms with Gasteiger partial charge in [0.05, 0.1) is 18.2 Å². The molecule has 2 aromatic carbocycles. The van der Waals surface area contributed by atoms with E-state index in [1.165, 1.54) is 18.3 Å². The van der Waals surface area contributed by atoms with Crippen LogP contribution in [0, 0.1) is 0 Å². The number of ether oxygens (including phenoxy) is 1.